The SMILES string of the molecule is COCCn1c(SCC(=O)Nc2ccnn2Cc2ccccc2Cl)nc(C)c1C. The van der Waals surface area contributed by atoms with Crippen LogP contribution in [-0.2, 0) is 22.6 Å². The van der Waals surface area contributed by atoms with Crippen molar-refractivity contribution >= 4 is 35.1 Å². The van der Waals surface area contributed by atoms with Crippen molar-refractivity contribution in [2.45, 2.75) is 32.1 Å². The number of ether oxygens (including phenoxy) is 1. The molecule has 1 N–H and O–H groups in total. The zero-order chi connectivity index (χ0) is 20.8. The Morgan fingerprint density at radius 2 is 2.07 bits per heavy atom. The second-order valence-corrected chi connectivity index (χ2v) is 7.86. The highest BCUT2D eigenvalue weighted by molar-refractivity contribution is 7.99. The molecule has 0 unspecified atom stereocenters. The predicted octanol–water partition coefficient (Wildman–Crippen LogP) is 3.78. The van der Waals surface area contributed by atoms with E-state index in [1.54, 1.807) is 24.1 Å². The lowest BCUT2D eigenvalue weighted by Gasteiger charge is -2.11. The lowest BCUT2D eigenvalue weighted by molar-refractivity contribution is -0.113. The van der Waals surface area contributed by atoms with Gasteiger partial charge in [-0.25, -0.2) is 9.67 Å². The molecule has 0 aliphatic carbocycles. The number of rotatable bonds is 9. The highest BCUT2D eigenvalue weighted by atomic mass is 35.5. The van der Waals surface area contributed by atoms with Gasteiger partial charge in [0.1, 0.15) is 5.82 Å². The molecule has 1 amide bonds. The molecule has 3 rings (SSSR count). The normalized spacial score (nSPS) is 11.0. The molecule has 7 nitrogen and oxygen atoms in total. The Balaban J connectivity index is 1.62. The van der Waals surface area contributed by atoms with Gasteiger partial charge in [0.15, 0.2) is 5.16 Å². The van der Waals surface area contributed by atoms with Crippen molar-refractivity contribution in [3.05, 3.63) is 58.5 Å². The van der Waals surface area contributed by atoms with E-state index in [4.69, 9.17) is 16.3 Å². The van der Waals surface area contributed by atoms with E-state index in [9.17, 15) is 4.79 Å². The van der Waals surface area contributed by atoms with Gasteiger partial charge in [-0.1, -0.05) is 41.6 Å². The summed E-state index contributed by atoms with van der Waals surface area (Å²) < 4.78 is 8.98. The number of halogens is 1. The Morgan fingerprint density at radius 1 is 1.28 bits per heavy atom. The molecule has 2 aromatic heterocycles. The Labute approximate surface area is 179 Å². The number of nitrogens with zero attached hydrogens (tertiary/aromatic N) is 4. The molecule has 0 aliphatic rings. The van der Waals surface area contributed by atoms with Gasteiger partial charge in [-0.05, 0) is 25.5 Å². The largest absolute Gasteiger partial charge is 0.383 e. The number of aryl methyl sites for hydroxylation is 1. The van der Waals surface area contributed by atoms with Crippen LogP contribution in [0.25, 0.3) is 0 Å². The summed E-state index contributed by atoms with van der Waals surface area (Å²) in [5.41, 5.74) is 2.98. The van der Waals surface area contributed by atoms with E-state index >= 15 is 0 Å². The van der Waals surface area contributed by atoms with Crippen LogP contribution in [0.5, 0.6) is 0 Å². The fourth-order valence-electron chi connectivity index (χ4n) is 2.84. The highest BCUT2D eigenvalue weighted by Gasteiger charge is 2.14. The molecular weight excluding hydrogens is 410 g/mol. The number of anilines is 1. The third-order valence-corrected chi connectivity index (χ3v) is 5.88. The number of nitrogens with one attached hydrogen (secondary N) is 1. The molecule has 0 saturated heterocycles. The lowest BCUT2D eigenvalue weighted by atomic mass is 10.2. The van der Waals surface area contributed by atoms with Crippen molar-refractivity contribution in [3.63, 3.8) is 0 Å². The lowest BCUT2D eigenvalue weighted by Crippen LogP contribution is -2.18. The first kappa shape index (κ1) is 21.4. The first-order valence-electron chi connectivity index (χ1n) is 9.20. The third kappa shape index (κ3) is 5.41. The molecule has 0 saturated carbocycles. The molecule has 2 heterocycles. The molecule has 1 aromatic carbocycles. The second-order valence-electron chi connectivity index (χ2n) is 6.51. The van der Waals surface area contributed by atoms with E-state index in [-0.39, 0.29) is 11.7 Å². The quantitative estimate of drug-likeness (QED) is 0.520. The molecule has 154 valence electrons. The van der Waals surface area contributed by atoms with Crippen molar-refractivity contribution in [3.8, 4) is 0 Å². The van der Waals surface area contributed by atoms with E-state index in [1.165, 1.54) is 11.8 Å². The van der Waals surface area contributed by atoms with Gasteiger partial charge >= 0.3 is 0 Å². The summed E-state index contributed by atoms with van der Waals surface area (Å²) in [7, 11) is 1.67. The number of thioether (sulfide) groups is 1. The maximum Gasteiger partial charge on any atom is 0.235 e. The summed E-state index contributed by atoms with van der Waals surface area (Å²) in [4.78, 5) is 17.1. The molecule has 29 heavy (non-hydrogen) atoms. The standard InChI is InChI=1S/C20H24ClN5O2S/c1-14-15(2)25(10-11-28-3)20(23-14)29-13-19(27)24-18-8-9-22-26(18)12-16-6-4-5-7-17(16)21/h4-9H,10-13H2,1-3H3,(H,24,27). The van der Waals surface area contributed by atoms with Gasteiger partial charge < -0.3 is 14.6 Å². The molecule has 0 atom stereocenters. The van der Waals surface area contributed by atoms with Crippen LogP contribution < -0.4 is 5.32 Å². The van der Waals surface area contributed by atoms with E-state index in [1.807, 2.05) is 38.1 Å². The smallest absolute Gasteiger partial charge is 0.235 e. The number of amides is 1. The first-order valence-corrected chi connectivity index (χ1v) is 10.6. The van der Waals surface area contributed by atoms with Crippen LogP contribution in [0.15, 0.2) is 41.7 Å². The van der Waals surface area contributed by atoms with Gasteiger partial charge in [0.2, 0.25) is 5.91 Å². The average Bonchev–Trinajstić information content (AvgIpc) is 3.24. The van der Waals surface area contributed by atoms with Crippen LogP contribution in [0.1, 0.15) is 17.0 Å². The van der Waals surface area contributed by atoms with Gasteiger partial charge in [-0.2, -0.15) is 5.10 Å². The summed E-state index contributed by atoms with van der Waals surface area (Å²) in [5, 5.41) is 8.70. The first-order chi connectivity index (χ1) is 14.0. The molecule has 3 aromatic rings. The second kappa shape index (κ2) is 9.96. The maximum absolute atomic E-state index is 12.5. The number of benzene rings is 1. The number of aromatic nitrogens is 4. The highest BCUT2D eigenvalue weighted by Crippen LogP contribution is 2.22. The summed E-state index contributed by atoms with van der Waals surface area (Å²) >= 11 is 7.64. The van der Waals surface area contributed by atoms with Crippen LogP contribution in [0.2, 0.25) is 5.02 Å². The molecule has 0 spiro atoms. The topological polar surface area (TPSA) is 74.0 Å². The number of hydrogen-bond donors (Lipinski definition) is 1. The van der Waals surface area contributed by atoms with Gasteiger partial charge in [0.05, 0.1) is 30.8 Å². The fraction of sp³-hybridized carbons (Fsp3) is 0.350. The monoisotopic (exact) mass is 433 g/mol. The summed E-state index contributed by atoms with van der Waals surface area (Å²) in [6.07, 6.45) is 1.66. The van der Waals surface area contributed by atoms with E-state index in [0.29, 0.717) is 30.5 Å². The van der Waals surface area contributed by atoms with Crippen molar-refractivity contribution in [1.82, 2.24) is 19.3 Å². The molecule has 0 fully saturated rings. The Morgan fingerprint density at radius 3 is 2.83 bits per heavy atom. The van der Waals surface area contributed by atoms with Crippen LogP contribution in [0.3, 0.4) is 0 Å². The Kier molecular flexibility index (Phi) is 7.35. The molecule has 0 aliphatic heterocycles. The zero-order valence-electron chi connectivity index (χ0n) is 16.7. The number of carbonyl (C=O) groups excluding carboxylic acids is 1. The average molecular weight is 434 g/mol. The summed E-state index contributed by atoms with van der Waals surface area (Å²) in [5.74, 6) is 0.762. The summed E-state index contributed by atoms with van der Waals surface area (Å²) in [6, 6.07) is 9.36. The Hall–Kier alpha value is -2.29. The predicted molar refractivity (Wildman–Crippen MR) is 116 cm³/mol. The minimum Gasteiger partial charge on any atom is -0.383 e. The van der Waals surface area contributed by atoms with E-state index in [0.717, 1.165) is 22.1 Å². The van der Waals surface area contributed by atoms with Crippen LogP contribution in [0, 0.1) is 13.8 Å². The zero-order valence-corrected chi connectivity index (χ0v) is 18.3. The Bertz CT molecular complexity index is 985. The third-order valence-electron chi connectivity index (χ3n) is 4.54. The number of hydrogen-bond acceptors (Lipinski definition) is 5. The van der Waals surface area contributed by atoms with Crippen molar-refractivity contribution in [2.75, 3.05) is 24.8 Å². The van der Waals surface area contributed by atoms with Crippen LogP contribution >= 0.6 is 23.4 Å². The van der Waals surface area contributed by atoms with Crippen LogP contribution in [0.4, 0.5) is 5.82 Å². The maximum atomic E-state index is 12.5. The minimum absolute atomic E-state index is 0.118. The van der Waals surface area contributed by atoms with Crippen molar-refractivity contribution in [2.24, 2.45) is 0 Å². The van der Waals surface area contributed by atoms with E-state index in [2.05, 4.69) is 20.0 Å². The van der Waals surface area contributed by atoms with Crippen molar-refractivity contribution < 1.29 is 9.53 Å². The van der Waals surface area contributed by atoms with E-state index < -0.39 is 0 Å². The number of imidazole rings is 1. The van der Waals surface area contributed by atoms with Crippen LogP contribution in [-0.4, -0.2) is 44.7 Å². The molecule has 0 bridgehead atoms. The van der Waals surface area contributed by atoms with Gasteiger partial charge in [0.25, 0.3) is 0 Å². The van der Waals surface area contributed by atoms with Gasteiger partial charge in [0, 0.05) is 30.4 Å². The van der Waals surface area contributed by atoms with Gasteiger partial charge in [-0.3, -0.25) is 4.79 Å². The number of methoxy groups -OCH3 is 1. The molecule has 0 radical (unpaired) electrons. The molecular formula is C20H24ClN5O2S. The van der Waals surface area contributed by atoms with Crippen molar-refractivity contribution in [1.29, 1.82) is 0 Å². The fourth-order valence-corrected chi connectivity index (χ4v) is 3.95. The summed E-state index contributed by atoms with van der Waals surface area (Å²) in [6.45, 7) is 5.77. The molecule has 9 heteroatoms. The minimum atomic E-state index is -0.118. The van der Waals surface area contributed by atoms with Gasteiger partial charge in [-0.15, -0.1) is 0 Å². The number of carbonyl (C=O) groups is 1.